The second-order valence-electron chi connectivity index (χ2n) is 3.68. The van der Waals surface area contributed by atoms with E-state index in [1.165, 1.54) is 0 Å². The maximum Gasteiger partial charge on any atom is 0.0625 e. The molecule has 1 heteroatoms. The minimum atomic E-state index is -0.236. The Labute approximate surface area is 70.1 Å². The average Bonchev–Trinajstić information content (AvgIpc) is 2.00. The first-order valence-corrected chi connectivity index (χ1v) is 4.36. The molecule has 0 aromatic heterocycles. The van der Waals surface area contributed by atoms with Crippen molar-refractivity contribution in [3.8, 4) is 0 Å². The van der Waals surface area contributed by atoms with Gasteiger partial charge in [0, 0.05) is 5.41 Å². The largest absolute Gasteiger partial charge is 0.392 e. The summed E-state index contributed by atoms with van der Waals surface area (Å²) >= 11 is 0. The molecular weight excluding hydrogens is 136 g/mol. The molecule has 0 bridgehead atoms. The topological polar surface area (TPSA) is 20.2 Å². The molecule has 0 heterocycles. The van der Waals surface area contributed by atoms with Crippen LogP contribution in [0.4, 0.5) is 0 Å². The molecule has 1 atom stereocenters. The first-order chi connectivity index (χ1) is 5.04. The van der Waals surface area contributed by atoms with Gasteiger partial charge in [-0.1, -0.05) is 39.7 Å². The molecule has 0 saturated carbocycles. The molecule has 1 nitrogen and oxygen atoms in total. The van der Waals surface area contributed by atoms with Gasteiger partial charge in [0.1, 0.15) is 0 Å². The molecular formula is C10H20O. The van der Waals surface area contributed by atoms with E-state index in [2.05, 4.69) is 13.5 Å². The summed E-state index contributed by atoms with van der Waals surface area (Å²) in [6.45, 7) is 9.86. The third kappa shape index (κ3) is 3.57. The fraction of sp³-hybridized carbons (Fsp3) is 0.800. The molecule has 0 aliphatic rings. The van der Waals surface area contributed by atoms with E-state index < -0.39 is 0 Å². The Morgan fingerprint density at radius 3 is 2.45 bits per heavy atom. The predicted molar refractivity (Wildman–Crippen MR) is 49.5 cm³/mol. The highest BCUT2D eigenvalue weighted by atomic mass is 16.3. The maximum absolute atomic E-state index is 9.64. The van der Waals surface area contributed by atoms with Crippen LogP contribution in [0.2, 0.25) is 0 Å². The Bertz CT molecular complexity index is 116. The third-order valence-corrected chi connectivity index (χ3v) is 2.22. The van der Waals surface area contributed by atoms with Gasteiger partial charge >= 0.3 is 0 Å². The zero-order valence-corrected chi connectivity index (χ0v) is 7.93. The van der Waals surface area contributed by atoms with Gasteiger partial charge in [0.05, 0.1) is 6.10 Å². The van der Waals surface area contributed by atoms with Gasteiger partial charge in [-0.3, -0.25) is 0 Å². The van der Waals surface area contributed by atoms with E-state index in [1.54, 1.807) is 0 Å². The molecule has 0 aliphatic carbocycles. The van der Waals surface area contributed by atoms with Gasteiger partial charge in [0.2, 0.25) is 0 Å². The highest BCUT2D eigenvalue weighted by Crippen LogP contribution is 2.25. The van der Waals surface area contributed by atoms with Crippen molar-refractivity contribution in [1.29, 1.82) is 0 Å². The molecule has 0 aliphatic heterocycles. The van der Waals surface area contributed by atoms with Crippen LogP contribution in [0.1, 0.15) is 40.0 Å². The van der Waals surface area contributed by atoms with Crippen LogP contribution >= 0.6 is 0 Å². The van der Waals surface area contributed by atoms with Crippen LogP contribution in [0.25, 0.3) is 0 Å². The first-order valence-electron chi connectivity index (χ1n) is 4.36. The summed E-state index contributed by atoms with van der Waals surface area (Å²) in [5.74, 6) is 0. The van der Waals surface area contributed by atoms with Crippen LogP contribution in [-0.4, -0.2) is 11.2 Å². The molecule has 1 N–H and O–H groups in total. The van der Waals surface area contributed by atoms with E-state index in [-0.39, 0.29) is 11.5 Å². The molecule has 0 saturated heterocycles. The zero-order valence-electron chi connectivity index (χ0n) is 7.93. The molecule has 0 aromatic rings. The van der Waals surface area contributed by atoms with E-state index >= 15 is 0 Å². The number of aliphatic hydroxyl groups is 1. The van der Waals surface area contributed by atoms with E-state index in [1.807, 2.05) is 19.9 Å². The molecule has 0 radical (unpaired) electrons. The Morgan fingerprint density at radius 1 is 1.55 bits per heavy atom. The van der Waals surface area contributed by atoms with Gasteiger partial charge in [-0.05, 0) is 6.42 Å². The van der Waals surface area contributed by atoms with Crippen molar-refractivity contribution in [3.05, 3.63) is 12.7 Å². The van der Waals surface area contributed by atoms with Crippen LogP contribution in [-0.2, 0) is 0 Å². The lowest BCUT2D eigenvalue weighted by Crippen LogP contribution is -2.26. The molecule has 0 rings (SSSR count). The van der Waals surface area contributed by atoms with Crippen LogP contribution < -0.4 is 0 Å². The maximum atomic E-state index is 9.64. The molecule has 11 heavy (non-hydrogen) atoms. The molecule has 0 amide bonds. The van der Waals surface area contributed by atoms with Crippen molar-refractivity contribution in [3.63, 3.8) is 0 Å². The number of rotatable bonds is 5. The second-order valence-corrected chi connectivity index (χ2v) is 3.68. The van der Waals surface area contributed by atoms with Gasteiger partial charge in [0.25, 0.3) is 0 Å². The summed E-state index contributed by atoms with van der Waals surface area (Å²) in [5, 5.41) is 9.64. The van der Waals surface area contributed by atoms with Gasteiger partial charge < -0.3 is 5.11 Å². The fourth-order valence-electron chi connectivity index (χ4n) is 0.906. The number of hydrogen-bond donors (Lipinski definition) is 1. The Kier molecular flexibility index (Phi) is 4.43. The van der Waals surface area contributed by atoms with E-state index in [4.69, 9.17) is 0 Å². The van der Waals surface area contributed by atoms with Crippen molar-refractivity contribution in [2.45, 2.75) is 46.1 Å². The molecule has 0 spiro atoms. The summed E-state index contributed by atoms with van der Waals surface area (Å²) in [6.07, 6.45) is 4.71. The molecule has 0 aromatic carbocycles. The molecule has 0 fully saturated rings. The summed E-state index contributed by atoms with van der Waals surface area (Å²) in [5.41, 5.74) is -0.130. The Hall–Kier alpha value is -0.300. The predicted octanol–water partition coefficient (Wildman–Crippen LogP) is 2.75. The van der Waals surface area contributed by atoms with Gasteiger partial charge in [-0.15, -0.1) is 6.58 Å². The minimum absolute atomic E-state index is 0.130. The van der Waals surface area contributed by atoms with Crippen LogP contribution in [0, 0.1) is 5.41 Å². The van der Waals surface area contributed by atoms with Crippen molar-refractivity contribution in [2.75, 3.05) is 0 Å². The fourth-order valence-corrected chi connectivity index (χ4v) is 0.906. The highest BCUT2D eigenvalue weighted by Gasteiger charge is 2.22. The lowest BCUT2D eigenvalue weighted by Gasteiger charge is -2.26. The first kappa shape index (κ1) is 10.7. The monoisotopic (exact) mass is 156 g/mol. The van der Waals surface area contributed by atoms with Crippen molar-refractivity contribution < 1.29 is 5.11 Å². The highest BCUT2D eigenvalue weighted by molar-refractivity contribution is 4.92. The van der Waals surface area contributed by atoms with Gasteiger partial charge in [0.15, 0.2) is 0 Å². The number of aliphatic hydroxyl groups excluding tert-OH is 1. The second kappa shape index (κ2) is 4.55. The van der Waals surface area contributed by atoms with Crippen LogP contribution in [0.5, 0.6) is 0 Å². The smallest absolute Gasteiger partial charge is 0.0625 e. The summed E-state index contributed by atoms with van der Waals surface area (Å²) < 4.78 is 0. The van der Waals surface area contributed by atoms with E-state index in [0.717, 1.165) is 19.3 Å². The minimum Gasteiger partial charge on any atom is -0.392 e. The quantitative estimate of drug-likeness (QED) is 0.607. The molecule has 1 unspecified atom stereocenters. The van der Waals surface area contributed by atoms with Gasteiger partial charge in [-0.2, -0.15) is 0 Å². The third-order valence-electron chi connectivity index (χ3n) is 2.22. The number of unbranched alkanes of at least 4 members (excludes halogenated alkanes) is 1. The Balaban J connectivity index is 3.80. The van der Waals surface area contributed by atoms with E-state index in [9.17, 15) is 5.11 Å². The summed E-state index contributed by atoms with van der Waals surface area (Å²) in [6, 6.07) is 0. The summed E-state index contributed by atoms with van der Waals surface area (Å²) in [7, 11) is 0. The van der Waals surface area contributed by atoms with Crippen molar-refractivity contribution in [1.82, 2.24) is 0 Å². The van der Waals surface area contributed by atoms with Gasteiger partial charge in [-0.25, -0.2) is 0 Å². The van der Waals surface area contributed by atoms with Crippen LogP contribution in [0.3, 0.4) is 0 Å². The van der Waals surface area contributed by atoms with E-state index in [0.29, 0.717) is 0 Å². The summed E-state index contributed by atoms with van der Waals surface area (Å²) in [4.78, 5) is 0. The molecule has 66 valence electrons. The normalized spacial score (nSPS) is 14.5. The number of hydrogen-bond acceptors (Lipinski definition) is 1. The average molecular weight is 156 g/mol. The Morgan fingerprint density at radius 2 is 2.09 bits per heavy atom. The standard InChI is InChI=1S/C10H20O/c1-5-7-8-9(11)10(3,4)6-2/h6,9,11H,2,5,7-8H2,1,3-4H3. The van der Waals surface area contributed by atoms with Crippen molar-refractivity contribution in [2.24, 2.45) is 5.41 Å². The lowest BCUT2D eigenvalue weighted by molar-refractivity contribution is 0.0720. The van der Waals surface area contributed by atoms with Crippen LogP contribution in [0.15, 0.2) is 12.7 Å². The van der Waals surface area contributed by atoms with Crippen molar-refractivity contribution >= 4 is 0 Å². The SMILES string of the molecule is C=CC(C)(C)C(O)CCCC. The lowest BCUT2D eigenvalue weighted by atomic mass is 9.84. The zero-order chi connectivity index (χ0) is 8.91.